The quantitative estimate of drug-likeness (QED) is 0.266. The highest BCUT2D eigenvalue weighted by molar-refractivity contribution is 7.18. The van der Waals surface area contributed by atoms with Crippen LogP contribution in [-0.2, 0) is 20.8 Å². The van der Waals surface area contributed by atoms with Gasteiger partial charge in [-0.25, -0.2) is 4.98 Å². The lowest BCUT2D eigenvalue weighted by Crippen LogP contribution is -2.54. The molecule has 0 aliphatic heterocycles. The van der Waals surface area contributed by atoms with Crippen LogP contribution in [0.1, 0.15) is 77.8 Å². The summed E-state index contributed by atoms with van der Waals surface area (Å²) >= 11 is 1.55. The second-order valence-electron chi connectivity index (χ2n) is 10.4. The third kappa shape index (κ3) is 9.72. The monoisotopic (exact) mass is 557 g/mol. The van der Waals surface area contributed by atoms with Gasteiger partial charge in [0, 0.05) is 37.5 Å². The maximum atomic E-state index is 13.5. The van der Waals surface area contributed by atoms with E-state index in [0.29, 0.717) is 24.5 Å². The number of nitrogens with one attached hydrogen (secondary N) is 3. The molecule has 0 radical (unpaired) electrons. The molecule has 1 aromatic heterocycles. The fourth-order valence-electron chi connectivity index (χ4n) is 4.19. The maximum absolute atomic E-state index is 13.5. The van der Waals surface area contributed by atoms with Crippen LogP contribution in [0.2, 0.25) is 0 Å². The van der Waals surface area contributed by atoms with Crippen molar-refractivity contribution in [3.05, 3.63) is 40.9 Å². The molecule has 0 fully saturated rings. The van der Waals surface area contributed by atoms with Gasteiger partial charge in [0.25, 0.3) is 0 Å². The molecule has 0 aliphatic carbocycles. The zero-order valence-electron chi connectivity index (χ0n) is 24.7. The van der Waals surface area contributed by atoms with Crippen molar-refractivity contribution in [3.63, 3.8) is 0 Å². The van der Waals surface area contributed by atoms with Crippen LogP contribution in [0.25, 0.3) is 10.2 Å². The highest BCUT2D eigenvalue weighted by Gasteiger charge is 2.27. The molecule has 2 rings (SSSR count). The van der Waals surface area contributed by atoms with Crippen molar-refractivity contribution in [3.8, 4) is 0 Å². The molecule has 216 valence electrons. The number of thiazole rings is 1. The summed E-state index contributed by atoms with van der Waals surface area (Å²) in [6.07, 6.45) is 1.40. The first-order valence-corrected chi connectivity index (χ1v) is 15.0. The zero-order chi connectivity index (χ0) is 29.1. The van der Waals surface area contributed by atoms with Gasteiger partial charge in [0.15, 0.2) is 0 Å². The number of hydrogen-bond acceptors (Lipinski definition) is 6. The van der Waals surface area contributed by atoms with Crippen LogP contribution in [0, 0.1) is 5.92 Å². The Kier molecular flexibility index (Phi) is 13.1. The number of amides is 3. The van der Waals surface area contributed by atoms with E-state index in [1.165, 1.54) is 5.56 Å². The molecule has 1 heterocycles. The molecular formula is C30H47N5O3S. The normalized spacial score (nSPS) is 13.8. The van der Waals surface area contributed by atoms with Crippen molar-refractivity contribution in [1.82, 2.24) is 25.8 Å². The van der Waals surface area contributed by atoms with Gasteiger partial charge in [-0.15, -0.1) is 11.3 Å². The zero-order valence-corrected chi connectivity index (χ0v) is 25.5. The van der Waals surface area contributed by atoms with Gasteiger partial charge in [0.1, 0.15) is 6.04 Å². The Labute approximate surface area is 238 Å². The first kappa shape index (κ1) is 32.4. The molecule has 3 amide bonds. The van der Waals surface area contributed by atoms with Crippen molar-refractivity contribution >= 4 is 39.3 Å². The van der Waals surface area contributed by atoms with Gasteiger partial charge in [0.05, 0.1) is 15.2 Å². The average Bonchev–Trinajstić information content (AvgIpc) is 3.33. The highest BCUT2D eigenvalue weighted by atomic mass is 32.1. The third-order valence-corrected chi connectivity index (χ3v) is 8.29. The van der Waals surface area contributed by atoms with Gasteiger partial charge in [-0.05, 0) is 42.6 Å². The summed E-state index contributed by atoms with van der Waals surface area (Å²) in [5.41, 5.74) is 2.63. The van der Waals surface area contributed by atoms with E-state index >= 15 is 0 Å². The molecule has 0 aliphatic rings. The van der Waals surface area contributed by atoms with E-state index in [1.807, 2.05) is 33.8 Å². The summed E-state index contributed by atoms with van der Waals surface area (Å²) in [4.78, 5) is 45.4. The van der Waals surface area contributed by atoms with Crippen molar-refractivity contribution in [2.75, 3.05) is 26.2 Å². The lowest BCUT2D eigenvalue weighted by molar-refractivity contribution is -0.129. The van der Waals surface area contributed by atoms with Gasteiger partial charge < -0.3 is 16.0 Å². The maximum Gasteiger partial charge on any atom is 0.247 e. The largest absolute Gasteiger partial charge is 0.350 e. The number of hydrogen-bond donors (Lipinski definition) is 3. The van der Waals surface area contributed by atoms with Crippen LogP contribution in [-0.4, -0.2) is 65.9 Å². The Bertz CT molecular complexity index is 1120. The smallest absolute Gasteiger partial charge is 0.247 e. The molecule has 3 N–H and O–H groups in total. The molecule has 9 heteroatoms. The number of carbonyl (C=O) groups excluding carboxylic acids is 3. The minimum absolute atomic E-state index is 0.115. The Morgan fingerprint density at radius 2 is 1.74 bits per heavy atom. The lowest BCUT2D eigenvalue weighted by atomic mass is 9.98. The van der Waals surface area contributed by atoms with Gasteiger partial charge >= 0.3 is 0 Å². The van der Waals surface area contributed by atoms with Crippen molar-refractivity contribution < 1.29 is 14.4 Å². The van der Waals surface area contributed by atoms with Gasteiger partial charge in [-0.1, -0.05) is 67.5 Å². The number of rotatable bonds is 16. The van der Waals surface area contributed by atoms with Crippen LogP contribution < -0.4 is 16.0 Å². The number of carbonyl (C=O) groups is 3. The summed E-state index contributed by atoms with van der Waals surface area (Å²) < 4.78 is 1.07. The summed E-state index contributed by atoms with van der Waals surface area (Å²) in [5, 5.41) is 9.73. The lowest BCUT2D eigenvalue weighted by Gasteiger charge is -2.27. The van der Waals surface area contributed by atoms with E-state index in [0.717, 1.165) is 34.7 Å². The molecule has 0 spiro atoms. The summed E-state index contributed by atoms with van der Waals surface area (Å²) in [7, 11) is 0. The van der Waals surface area contributed by atoms with Crippen molar-refractivity contribution in [2.24, 2.45) is 5.92 Å². The Hall–Kier alpha value is -2.78. The highest BCUT2D eigenvalue weighted by Crippen LogP contribution is 2.27. The average molecular weight is 558 g/mol. The second-order valence-corrected chi connectivity index (χ2v) is 11.6. The summed E-state index contributed by atoms with van der Waals surface area (Å²) in [6, 6.07) is 5.19. The minimum Gasteiger partial charge on any atom is -0.350 e. The fraction of sp³-hybridized carbons (Fsp3) is 0.600. The second kappa shape index (κ2) is 15.7. The van der Waals surface area contributed by atoms with Gasteiger partial charge in [0.2, 0.25) is 17.7 Å². The predicted octanol–water partition coefficient (Wildman–Crippen LogP) is 4.40. The molecule has 0 saturated heterocycles. The van der Waals surface area contributed by atoms with E-state index in [-0.39, 0.29) is 42.6 Å². The van der Waals surface area contributed by atoms with Crippen molar-refractivity contribution in [1.29, 1.82) is 0 Å². The van der Waals surface area contributed by atoms with Gasteiger partial charge in [-0.3, -0.25) is 19.3 Å². The molecule has 0 bridgehead atoms. The molecule has 0 unspecified atom stereocenters. The number of fused-ring (bicyclic) bond motifs is 1. The summed E-state index contributed by atoms with van der Waals surface area (Å²) in [6.45, 7) is 20.7. The summed E-state index contributed by atoms with van der Waals surface area (Å²) in [5.74, 6) is -0.158. The first-order chi connectivity index (χ1) is 18.5. The number of aromatic nitrogens is 1. The molecule has 8 nitrogen and oxygen atoms in total. The number of nitrogens with zero attached hydrogens (tertiary/aromatic N) is 2. The van der Waals surface area contributed by atoms with Crippen LogP contribution >= 0.6 is 11.3 Å². The Morgan fingerprint density at radius 3 is 2.33 bits per heavy atom. The van der Waals surface area contributed by atoms with Crippen LogP contribution in [0.15, 0.2) is 30.4 Å². The van der Waals surface area contributed by atoms with Crippen LogP contribution in [0.5, 0.6) is 0 Å². The van der Waals surface area contributed by atoms with E-state index in [1.54, 1.807) is 18.3 Å². The minimum atomic E-state index is -0.762. The molecule has 2 aromatic rings. The van der Waals surface area contributed by atoms with E-state index in [9.17, 15) is 14.4 Å². The first-order valence-electron chi connectivity index (χ1n) is 14.2. The topological polar surface area (TPSA) is 103 Å². The van der Waals surface area contributed by atoms with E-state index in [2.05, 4.69) is 53.4 Å². The molecular weight excluding hydrogens is 510 g/mol. The fourth-order valence-corrected chi connectivity index (χ4v) is 5.26. The third-order valence-electron chi connectivity index (χ3n) is 7.25. The molecule has 3 atom stereocenters. The van der Waals surface area contributed by atoms with E-state index in [4.69, 9.17) is 4.98 Å². The molecule has 0 saturated carbocycles. The SMILES string of the molecule is C=C(CN(CC)CC)C(=O)NC[C@@H](NC(=O)[C@H](Cc1nc2ccc(C(C)C)cc2s1)NC(=O)CC)[C@@H](C)CC. The molecule has 39 heavy (non-hydrogen) atoms. The number of likely N-dealkylation sites (N-methyl/N-ethyl adjacent to an activating group) is 1. The van der Waals surface area contributed by atoms with Crippen LogP contribution in [0.4, 0.5) is 0 Å². The Morgan fingerprint density at radius 1 is 1.05 bits per heavy atom. The Balaban J connectivity index is 2.15. The van der Waals surface area contributed by atoms with E-state index < -0.39 is 6.04 Å². The van der Waals surface area contributed by atoms with Crippen LogP contribution in [0.3, 0.4) is 0 Å². The standard InChI is InChI=1S/C30H47N5O3S/c1-9-20(7)25(17-31-29(37)21(8)18-35(11-3)12-4)34-30(38)24(32-27(36)10-2)16-28-33-23-14-13-22(19(5)6)15-26(23)39-28/h13-15,19-20,24-25H,8-12,16-18H2,1-7H3,(H,31,37)(H,32,36)(H,34,38)/t20-,24-,25+/m0/s1. The predicted molar refractivity (Wildman–Crippen MR) is 161 cm³/mol. The van der Waals surface area contributed by atoms with Gasteiger partial charge in [-0.2, -0.15) is 0 Å². The molecule has 1 aromatic carbocycles. The van der Waals surface area contributed by atoms with Crippen molar-refractivity contribution in [2.45, 2.75) is 85.7 Å². The number of benzene rings is 1.